The highest BCUT2D eigenvalue weighted by Gasteiger charge is 2.15. The van der Waals surface area contributed by atoms with Crippen LogP contribution in [0.15, 0.2) is 0 Å². The van der Waals surface area contributed by atoms with Crippen LogP contribution < -0.4 is 9.79 Å². The van der Waals surface area contributed by atoms with E-state index in [-0.39, 0.29) is 0 Å². The molecule has 0 aliphatic carbocycles. The Morgan fingerprint density at radius 1 is 0.408 bits per heavy atom. The van der Waals surface area contributed by atoms with Crippen molar-refractivity contribution in [1.29, 1.82) is 0 Å². The van der Waals surface area contributed by atoms with Gasteiger partial charge in [0.1, 0.15) is 0 Å². The number of hydrogen-bond acceptors (Lipinski definition) is 5. The summed E-state index contributed by atoms with van der Waals surface area (Å²) >= 11 is 0. The molecule has 0 saturated carbocycles. The zero-order valence-corrected chi connectivity index (χ0v) is 35.7. The fourth-order valence-corrected chi connectivity index (χ4v) is 6.73. The lowest BCUT2D eigenvalue weighted by molar-refractivity contribution is -0.870. The molecule has 0 aliphatic heterocycles. The van der Waals surface area contributed by atoms with Gasteiger partial charge in [-0.05, 0) is 25.7 Å². The second kappa shape index (κ2) is 35.2. The summed E-state index contributed by atoms with van der Waals surface area (Å²) in [5.74, 6) is 0. The number of nitrogens with zero attached hydrogens (tertiary/aromatic N) is 2. The van der Waals surface area contributed by atoms with Crippen molar-refractivity contribution in [3.8, 4) is 0 Å². The first-order valence-electron chi connectivity index (χ1n) is 20.2. The molecule has 0 aromatic carbocycles. The van der Waals surface area contributed by atoms with E-state index >= 15 is 0 Å². The molecule has 0 rings (SSSR count). The Labute approximate surface area is 306 Å². The van der Waals surface area contributed by atoms with Gasteiger partial charge in [-0.2, -0.15) is 0 Å². The quantitative estimate of drug-likeness (QED) is 0.0398. The van der Waals surface area contributed by atoms with Crippen molar-refractivity contribution in [2.45, 2.75) is 194 Å². The maximum absolute atomic E-state index is 9.55. The smallest absolute Gasteiger partial charge is 0.473 e. The van der Waals surface area contributed by atoms with E-state index in [4.69, 9.17) is 9.79 Å². The standard InChI is InChI=1S/2C19H42N.H4O7P2/c2*1-5-6-7-8-9-10-11-12-13-14-15-16-17-18-19-20(2,3)4;1-8(2,3)7-9(4,5)6/h2*5-19H2,1-4H3;(H2,1,2,3)(H2,4,5,6)/q2*+1;/p-2. The highest BCUT2D eigenvalue weighted by molar-refractivity contribution is 7.58. The Kier molecular flexibility index (Phi) is 38.5. The van der Waals surface area contributed by atoms with Gasteiger partial charge < -0.3 is 33.1 Å². The van der Waals surface area contributed by atoms with Crippen LogP contribution in [0.5, 0.6) is 0 Å². The van der Waals surface area contributed by atoms with Gasteiger partial charge in [-0.25, -0.2) is 4.57 Å². The van der Waals surface area contributed by atoms with Crippen LogP contribution in [-0.4, -0.2) is 74.1 Å². The summed E-state index contributed by atoms with van der Waals surface area (Å²) in [4.78, 5) is 34.1. The van der Waals surface area contributed by atoms with Crippen molar-refractivity contribution >= 4 is 15.6 Å². The highest BCUT2D eigenvalue weighted by atomic mass is 31.3. The van der Waals surface area contributed by atoms with Crippen molar-refractivity contribution in [1.82, 2.24) is 0 Å². The predicted molar refractivity (Wildman–Crippen MR) is 207 cm³/mol. The molecule has 0 aliphatic rings. The minimum absolute atomic E-state index is 1.12. The number of rotatable bonds is 32. The minimum atomic E-state index is -5.55. The average molecular weight is 745 g/mol. The first kappa shape index (κ1) is 53.5. The Bertz CT molecular complexity index is 700. The van der Waals surface area contributed by atoms with Gasteiger partial charge in [0, 0.05) is 0 Å². The molecule has 0 saturated heterocycles. The summed E-state index contributed by atoms with van der Waals surface area (Å²) in [7, 11) is 3.04. The Morgan fingerprint density at radius 2 is 0.592 bits per heavy atom. The minimum Gasteiger partial charge on any atom is -0.789 e. The SMILES string of the molecule is CCCCCCCCCCCCCCCC[N+](C)(C)C.CCCCCCCCCCCCCCCC[N+](C)(C)C.O=P([O-])([O-])OP(=O)(O)O. The van der Waals surface area contributed by atoms with E-state index in [2.05, 4.69) is 60.4 Å². The third-order valence-electron chi connectivity index (χ3n) is 8.57. The molecule has 300 valence electrons. The van der Waals surface area contributed by atoms with Gasteiger partial charge >= 0.3 is 7.82 Å². The van der Waals surface area contributed by atoms with Gasteiger partial charge in [0.2, 0.25) is 0 Å². The summed E-state index contributed by atoms with van der Waals surface area (Å²) in [6.07, 6.45) is 40.7. The van der Waals surface area contributed by atoms with E-state index in [9.17, 15) is 18.9 Å². The molecule has 11 heteroatoms. The fraction of sp³-hybridized carbons (Fsp3) is 1.00. The van der Waals surface area contributed by atoms with Gasteiger partial charge in [-0.1, -0.05) is 168 Å². The number of phosphoric acid groups is 2. The van der Waals surface area contributed by atoms with Crippen LogP contribution in [0.2, 0.25) is 0 Å². The maximum Gasteiger partial charge on any atom is 0.473 e. The van der Waals surface area contributed by atoms with Gasteiger partial charge in [0.25, 0.3) is 0 Å². The van der Waals surface area contributed by atoms with E-state index in [0.717, 1.165) is 8.97 Å². The van der Waals surface area contributed by atoms with Crippen molar-refractivity contribution < 1.29 is 42.0 Å². The van der Waals surface area contributed by atoms with Crippen molar-refractivity contribution in [3.63, 3.8) is 0 Å². The summed E-state index contributed by atoms with van der Waals surface area (Å²) in [5, 5.41) is 0. The molecule has 9 nitrogen and oxygen atoms in total. The molecular formula is C38H86N2O7P2. The molecule has 0 unspecified atom stereocenters. The van der Waals surface area contributed by atoms with Crippen molar-refractivity contribution in [2.75, 3.05) is 55.4 Å². The Morgan fingerprint density at radius 3 is 0.714 bits per heavy atom. The zero-order chi connectivity index (χ0) is 37.9. The van der Waals surface area contributed by atoms with Crippen LogP contribution in [0.4, 0.5) is 0 Å². The molecule has 0 bridgehead atoms. The van der Waals surface area contributed by atoms with Crippen LogP contribution in [0, 0.1) is 0 Å². The molecule has 0 aromatic heterocycles. The molecule has 0 atom stereocenters. The second-order valence-corrected chi connectivity index (χ2v) is 18.8. The normalized spacial score (nSPS) is 12.3. The Hall–Kier alpha value is 0.180. The van der Waals surface area contributed by atoms with Crippen molar-refractivity contribution in [3.05, 3.63) is 0 Å². The lowest BCUT2D eigenvalue weighted by Gasteiger charge is -2.27. The number of unbranched alkanes of at least 4 members (excludes halogenated alkanes) is 26. The molecule has 0 heterocycles. The maximum atomic E-state index is 9.55. The molecule has 0 radical (unpaired) electrons. The van der Waals surface area contributed by atoms with E-state index in [1.807, 2.05) is 0 Å². The molecule has 2 N–H and O–H groups in total. The van der Waals surface area contributed by atoms with E-state index in [0.29, 0.717) is 0 Å². The largest absolute Gasteiger partial charge is 0.789 e. The van der Waals surface area contributed by atoms with Gasteiger partial charge in [-0.3, -0.25) is 4.31 Å². The molecular weight excluding hydrogens is 658 g/mol. The molecule has 0 aromatic rings. The highest BCUT2D eigenvalue weighted by Crippen LogP contribution is 2.49. The van der Waals surface area contributed by atoms with E-state index < -0.39 is 15.6 Å². The summed E-state index contributed by atoms with van der Waals surface area (Å²) in [6, 6.07) is 0. The van der Waals surface area contributed by atoms with E-state index in [1.54, 1.807) is 0 Å². The van der Waals surface area contributed by atoms with E-state index in [1.165, 1.54) is 193 Å². The number of hydrogen-bond donors (Lipinski definition) is 2. The monoisotopic (exact) mass is 745 g/mol. The molecule has 0 amide bonds. The summed E-state index contributed by atoms with van der Waals surface area (Å²) < 4.78 is 23.9. The van der Waals surface area contributed by atoms with Gasteiger partial charge in [-0.15, -0.1) is 0 Å². The fourth-order valence-electron chi connectivity index (χ4n) is 5.69. The average Bonchev–Trinajstić information content (AvgIpc) is 2.95. The Balaban J connectivity index is -0.000000695. The first-order valence-corrected chi connectivity index (χ1v) is 23.2. The molecule has 0 spiro atoms. The number of quaternary nitrogens is 2. The summed E-state index contributed by atoms with van der Waals surface area (Å²) in [5.41, 5.74) is 0. The lowest BCUT2D eigenvalue weighted by Crippen LogP contribution is -2.35. The third-order valence-corrected chi connectivity index (χ3v) is 10.2. The van der Waals surface area contributed by atoms with Crippen LogP contribution in [0.3, 0.4) is 0 Å². The summed E-state index contributed by atoms with van der Waals surface area (Å²) in [6.45, 7) is 7.25. The molecule has 49 heavy (non-hydrogen) atoms. The molecule has 0 fully saturated rings. The second-order valence-electron chi connectivity index (χ2n) is 16.2. The predicted octanol–water partition coefficient (Wildman–Crippen LogP) is 10.3. The van der Waals surface area contributed by atoms with Crippen LogP contribution in [0.25, 0.3) is 0 Å². The van der Waals surface area contributed by atoms with Crippen LogP contribution >= 0.6 is 15.6 Å². The first-order chi connectivity index (χ1) is 22.8. The lowest BCUT2D eigenvalue weighted by atomic mass is 10.0. The third kappa shape index (κ3) is 63.6. The zero-order valence-electron chi connectivity index (χ0n) is 33.9. The van der Waals surface area contributed by atoms with Gasteiger partial charge in [0.15, 0.2) is 0 Å². The topological polar surface area (TPSA) is 130 Å². The van der Waals surface area contributed by atoms with Gasteiger partial charge in [0.05, 0.1) is 63.2 Å². The van der Waals surface area contributed by atoms with Crippen LogP contribution in [-0.2, 0) is 13.4 Å². The van der Waals surface area contributed by atoms with Crippen LogP contribution in [0.1, 0.15) is 194 Å². The van der Waals surface area contributed by atoms with Crippen molar-refractivity contribution in [2.24, 2.45) is 0 Å².